The van der Waals surface area contributed by atoms with Crippen LogP contribution < -0.4 is 5.32 Å². The first-order valence-electron chi connectivity index (χ1n) is 5.77. The lowest BCUT2D eigenvalue weighted by molar-refractivity contribution is -0.140. The molecule has 2 unspecified atom stereocenters. The summed E-state index contributed by atoms with van der Waals surface area (Å²) in [5.74, 6) is -1.91. The Bertz CT molecular complexity index is 472. The van der Waals surface area contributed by atoms with Crippen LogP contribution in [0, 0.1) is 11.8 Å². The van der Waals surface area contributed by atoms with E-state index in [9.17, 15) is 9.59 Å². The maximum absolute atomic E-state index is 11.8. The van der Waals surface area contributed by atoms with Gasteiger partial charge in [0.15, 0.2) is 0 Å². The molecular formula is C13H14BrNO3. The topological polar surface area (TPSA) is 66.4 Å². The summed E-state index contributed by atoms with van der Waals surface area (Å²) < 4.78 is 0.984. The van der Waals surface area contributed by atoms with Crippen molar-refractivity contribution >= 4 is 27.8 Å². The molecule has 1 saturated carbocycles. The number of carboxylic acid groups (broad SMARTS) is 1. The Morgan fingerprint density at radius 1 is 1.33 bits per heavy atom. The molecule has 1 aliphatic rings. The molecule has 1 fully saturated rings. The van der Waals surface area contributed by atoms with Crippen LogP contribution in [0.1, 0.15) is 24.9 Å². The molecule has 5 heteroatoms. The number of carboxylic acids is 1. The van der Waals surface area contributed by atoms with Crippen molar-refractivity contribution in [2.45, 2.75) is 19.4 Å². The van der Waals surface area contributed by atoms with Crippen LogP contribution in [0.15, 0.2) is 28.7 Å². The molecule has 0 bridgehead atoms. The standard InChI is InChI=1S/C13H14BrNO3/c1-7(8-2-4-9(14)5-3-8)15-12(16)10-6-11(10)13(17)18/h2-5,7,10-11H,6H2,1H3,(H,15,16)(H,17,18)/t7-,10?,11?/m0/s1. The van der Waals surface area contributed by atoms with E-state index in [1.807, 2.05) is 31.2 Å². The summed E-state index contributed by atoms with van der Waals surface area (Å²) in [4.78, 5) is 22.5. The number of carbonyl (C=O) groups is 2. The molecule has 18 heavy (non-hydrogen) atoms. The van der Waals surface area contributed by atoms with Crippen LogP contribution in [-0.2, 0) is 9.59 Å². The fourth-order valence-electron chi connectivity index (χ4n) is 1.91. The molecule has 0 heterocycles. The quantitative estimate of drug-likeness (QED) is 0.897. The van der Waals surface area contributed by atoms with Crippen molar-refractivity contribution in [3.63, 3.8) is 0 Å². The fourth-order valence-corrected chi connectivity index (χ4v) is 2.18. The van der Waals surface area contributed by atoms with E-state index in [1.54, 1.807) is 0 Å². The number of hydrogen-bond donors (Lipinski definition) is 2. The van der Waals surface area contributed by atoms with Gasteiger partial charge in [0.1, 0.15) is 0 Å². The summed E-state index contributed by atoms with van der Waals surface area (Å²) in [5, 5.41) is 11.6. The molecule has 0 saturated heterocycles. The lowest BCUT2D eigenvalue weighted by Gasteiger charge is -2.14. The van der Waals surface area contributed by atoms with Crippen molar-refractivity contribution in [3.05, 3.63) is 34.3 Å². The normalized spacial score (nSPS) is 23.2. The first-order valence-corrected chi connectivity index (χ1v) is 6.57. The van der Waals surface area contributed by atoms with Crippen molar-refractivity contribution in [2.24, 2.45) is 11.8 Å². The number of hydrogen-bond acceptors (Lipinski definition) is 2. The summed E-state index contributed by atoms with van der Waals surface area (Å²) in [6.07, 6.45) is 0.453. The summed E-state index contributed by atoms with van der Waals surface area (Å²) in [7, 11) is 0. The minimum Gasteiger partial charge on any atom is -0.481 e. The molecule has 96 valence electrons. The van der Waals surface area contributed by atoms with Gasteiger partial charge in [-0.2, -0.15) is 0 Å². The van der Waals surface area contributed by atoms with E-state index in [1.165, 1.54) is 0 Å². The van der Waals surface area contributed by atoms with Gasteiger partial charge in [0, 0.05) is 4.47 Å². The SMILES string of the molecule is C[C@H](NC(=O)C1CC1C(=O)O)c1ccc(Br)cc1. The van der Waals surface area contributed by atoms with Gasteiger partial charge in [-0.1, -0.05) is 28.1 Å². The number of carbonyl (C=O) groups excluding carboxylic acids is 1. The van der Waals surface area contributed by atoms with Gasteiger partial charge in [-0.3, -0.25) is 9.59 Å². The summed E-state index contributed by atoms with van der Waals surface area (Å²) >= 11 is 3.35. The van der Waals surface area contributed by atoms with E-state index in [-0.39, 0.29) is 17.9 Å². The third kappa shape index (κ3) is 2.90. The minimum absolute atomic E-state index is 0.111. The second-order valence-corrected chi connectivity index (χ2v) is 5.48. The molecule has 1 amide bonds. The van der Waals surface area contributed by atoms with Gasteiger partial charge in [0.05, 0.1) is 17.9 Å². The highest BCUT2D eigenvalue weighted by molar-refractivity contribution is 9.10. The molecule has 3 atom stereocenters. The van der Waals surface area contributed by atoms with E-state index >= 15 is 0 Å². The zero-order valence-electron chi connectivity index (χ0n) is 9.89. The highest BCUT2D eigenvalue weighted by Crippen LogP contribution is 2.39. The number of halogens is 1. The minimum atomic E-state index is -0.883. The number of rotatable bonds is 4. The Morgan fingerprint density at radius 2 is 1.94 bits per heavy atom. The predicted octanol–water partition coefficient (Wildman–Crippen LogP) is 2.35. The van der Waals surface area contributed by atoms with Gasteiger partial charge in [0.25, 0.3) is 0 Å². The second kappa shape index (κ2) is 5.10. The zero-order valence-corrected chi connectivity index (χ0v) is 11.5. The highest BCUT2D eigenvalue weighted by atomic mass is 79.9. The van der Waals surface area contributed by atoms with Crippen LogP contribution in [0.2, 0.25) is 0 Å². The lowest BCUT2D eigenvalue weighted by Crippen LogP contribution is -2.29. The Hall–Kier alpha value is -1.36. The smallest absolute Gasteiger partial charge is 0.307 e. The van der Waals surface area contributed by atoms with Gasteiger partial charge >= 0.3 is 5.97 Å². The Morgan fingerprint density at radius 3 is 2.44 bits per heavy atom. The Balaban J connectivity index is 1.92. The van der Waals surface area contributed by atoms with Gasteiger partial charge < -0.3 is 10.4 Å². The lowest BCUT2D eigenvalue weighted by atomic mass is 10.1. The van der Waals surface area contributed by atoms with Crippen molar-refractivity contribution < 1.29 is 14.7 Å². The van der Waals surface area contributed by atoms with Gasteiger partial charge in [-0.25, -0.2) is 0 Å². The molecule has 0 aliphatic heterocycles. The Labute approximate surface area is 114 Å². The van der Waals surface area contributed by atoms with Crippen molar-refractivity contribution in [1.82, 2.24) is 5.32 Å². The monoisotopic (exact) mass is 311 g/mol. The second-order valence-electron chi connectivity index (χ2n) is 4.57. The molecule has 0 radical (unpaired) electrons. The maximum atomic E-state index is 11.8. The van der Waals surface area contributed by atoms with Crippen LogP contribution in [0.3, 0.4) is 0 Å². The highest BCUT2D eigenvalue weighted by Gasteiger charge is 2.48. The van der Waals surface area contributed by atoms with Crippen molar-refractivity contribution in [3.8, 4) is 0 Å². The number of aliphatic carboxylic acids is 1. The van der Waals surface area contributed by atoms with Crippen LogP contribution in [0.4, 0.5) is 0 Å². The van der Waals surface area contributed by atoms with Crippen LogP contribution in [0.25, 0.3) is 0 Å². The largest absolute Gasteiger partial charge is 0.481 e. The first kappa shape index (κ1) is 13.1. The third-order valence-corrected chi connectivity index (χ3v) is 3.70. The summed E-state index contributed by atoms with van der Waals surface area (Å²) in [6, 6.07) is 7.57. The maximum Gasteiger partial charge on any atom is 0.307 e. The van der Waals surface area contributed by atoms with Gasteiger partial charge in [-0.15, -0.1) is 0 Å². The third-order valence-electron chi connectivity index (χ3n) is 3.17. The molecule has 1 aliphatic carbocycles. The number of benzene rings is 1. The predicted molar refractivity (Wildman–Crippen MR) is 69.9 cm³/mol. The molecule has 4 nitrogen and oxygen atoms in total. The molecule has 0 spiro atoms. The zero-order chi connectivity index (χ0) is 13.3. The van der Waals surface area contributed by atoms with Crippen LogP contribution in [0.5, 0.6) is 0 Å². The van der Waals surface area contributed by atoms with E-state index in [2.05, 4.69) is 21.2 Å². The van der Waals surface area contributed by atoms with E-state index in [4.69, 9.17) is 5.11 Å². The molecule has 1 aromatic rings. The van der Waals surface area contributed by atoms with Gasteiger partial charge in [0.2, 0.25) is 5.91 Å². The molecule has 1 aromatic carbocycles. The average molecular weight is 312 g/mol. The molecule has 0 aromatic heterocycles. The van der Waals surface area contributed by atoms with E-state index in [0.29, 0.717) is 6.42 Å². The molecular weight excluding hydrogens is 298 g/mol. The van der Waals surface area contributed by atoms with Gasteiger partial charge in [-0.05, 0) is 31.0 Å². The van der Waals surface area contributed by atoms with E-state index in [0.717, 1.165) is 10.0 Å². The van der Waals surface area contributed by atoms with E-state index < -0.39 is 11.9 Å². The van der Waals surface area contributed by atoms with Crippen molar-refractivity contribution in [2.75, 3.05) is 0 Å². The molecule has 2 N–H and O–H groups in total. The fraction of sp³-hybridized carbons (Fsp3) is 0.385. The van der Waals surface area contributed by atoms with Crippen LogP contribution >= 0.6 is 15.9 Å². The Kier molecular flexibility index (Phi) is 3.71. The van der Waals surface area contributed by atoms with Crippen molar-refractivity contribution in [1.29, 1.82) is 0 Å². The summed E-state index contributed by atoms with van der Waals surface area (Å²) in [5.41, 5.74) is 0.999. The number of amides is 1. The summed E-state index contributed by atoms with van der Waals surface area (Å²) in [6.45, 7) is 1.89. The van der Waals surface area contributed by atoms with Crippen LogP contribution in [-0.4, -0.2) is 17.0 Å². The average Bonchev–Trinajstić information content (AvgIpc) is 3.09. The molecule has 2 rings (SSSR count). The number of nitrogens with one attached hydrogen (secondary N) is 1. The first-order chi connectivity index (χ1) is 8.49.